The standard InChI is InChI=1S/C53H43N5O7/c1-27(2)44-51-57-46-48(65-51)53-36-17-9-16-33(32-15-10-18-38-43(32)35(25-54-38)42-26-55-50(46)63-42)45(36)58-52(53)64-41-20-19-28(22-37(41)53)21-31(49(62)56-44)23-40(60)47(61)34(29-11-5-3-6-12-29)24-39(59)30-13-7-4-8-14-30/h3-20,22,25-27,31,34,44,47,52,54,58,61H,21,23-24H2,1-2H3,(H,56,62)/t31-,34+,44+,47-,52+,53?/m1/s1. The van der Waals surface area contributed by atoms with Crippen molar-refractivity contribution in [2.75, 3.05) is 5.32 Å². The van der Waals surface area contributed by atoms with Gasteiger partial charge in [0.15, 0.2) is 35.0 Å². The number of ether oxygens (including phenoxy) is 1. The van der Waals surface area contributed by atoms with Crippen LogP contribution in [0.4, 0.5) is 5.69 Å². The van der Waals surface area contributed by atoms with Crippen LogP contribution in [0.3, 0.4) is 0 Å². The number of para-hydroxylation sites is 1. The number of carbonyl (C=O) groups excluding carboxylic acids is 3. The molecule has 10 bridgehead atoms. The lowest BCUT2D eigenvalue weighted by Crippen LogP contribution is -2.41. The number of Topliss-reactive ketones (excluding diaryl/α,β-unsaturated/α-hetero) is 2. The molecule has 322 valence electrons. The van der Waals surface area contributed by atoms with E-state index in [2.05, 4.69) is 39.9 Å². The summed E-state index contributed by atoms with van der Waals surface area (Å²) in [6.07, 6.45) is 1.18. The number of aromatic amines is 1. The van der Waals surface area contributed by atoms with E-state index in [1.165, 1.54) is 0 Å². The van der Waals surface area contributed by atoms with Gasteiger partial charge in [-0.05, 0) is 41.2 Å². The molecule has 0 saturated heterocycles. The molecule has 12 nitrogen and oxygen atoms in total. The number of fused-ring (bicyclic) bond motifs is 7. The topological polar surface area (TPSA) is 173 Å². The van der Waals surface area contributed by atoms with E-state index in [1.54, 1.807) is 30.5 Å². The van der Waals surface area contributed by atoms with Crippen molar-refractivity contribution in [3.63, 3.8) is 0 Å². The fraction of sp³-hybridized carbons (Fsp3) is 0.226. The maximum Gasteiger partial charge on any atom is 0.249 e. The number of ketones is 2. The van der Waals surface area contributed by atoms with Crippen LogP contribution in [0.2, 0.25) is 0 Å². The zero-order chi connectivity index (χ0) is 44.1. The zero-order valence-electron chi connectivity index (χ0n) is 35.5. The van der Waals surface area contributed by atoms with Crippen LogP contribution >= 0.6 is 0 Å². The van der Waals surface area contributed by atoms with Crippen molar-refractivity contribution >= 4 is 34.1 Å². The van der Waals surface area contributed by atoms with Gasteiger partial charge in [-0.15, -0.1) is 0 Å². The third-order valence-corrected chi connectivity index (χ3v) is 13.8. The third-order valence-electron chi connectivity index (χ3n) is 13.8. The molecule has 0 radical (unpaired) electrons. The summed E-state index contributed by atoms with van der Waals surface area (Å²) in [7, 11) is 0. The summed E-state index contributed by atoms with van der Waals surface area (Å²) in [6.45, 7) is 3.94. The van der Waals surface area contributed by atoms with Crippen LogP contribution in [0.5, 0.6) is 5.75 Å². The number of rotatable bonds is 9. The van der Waals surface area contributed by atoms with E-state index >= 15 is 0 Å². The molecule has 0 aliphatic carbocycles. The Bertz CT molecular complexity index is 3220. The Morgan fingerprint density at radius 3 is 2.46 bits per heavy atom. The highest BCUT2D eigenvalue weighted by atomic mass is 16.5. The van der Waals surface area contributed by atoms with Gasteiger partial charge in [-0.1, -0.05) is 117 Å². The fourth-order valence-corrected chi connectivity index (χ4v) is 10.6. The zero-order valence-corrected chi connectivity index (χ0v) is 35.5. The average molecular weight is 862 g/mol. The molecule has 5 aromatic carbocycles. The Balaban J connectivity index is 1.00. The SMILES string of the molecule is CC(C)[C@@H]1NC(=O)[C@@H](CC(=O)[C@H](O)[C@@H](CC(=O)c2ccccc2)c2ccccc2)Cc2ccc3c(c2)C24c5cccc(c5N[C@H]2O3)-c2cccc3[nH]cc(c23)-c2cnc(o2)-c2nc1oc24. The van der Waals surface area contributed by atoms with E-state index in [0.29, 0.717) is 34.1 Å². The number of aliphatic hydroxyl groups is 1. The van der Waals surface area contributed by atoms with Gasteiger partial charge in [-0.25, -0.2) is 9.97 Å². The predicted octanol–water partition coefficient (Wildman–Crippen LogP) is 9.30. The molecule has 4 N–H and O–H groups in total. The molecule has 0 saturated carbocycles. The van der Waals surface area contributed by atoms with Crippen LogP contribution in [-0.4, -0.2) is 49.9 Å². The summed E-state index contributed by atoms with van der Waals surface area (Å²) < 4.78 is 20.7. The molecule has 4 aliphatic heterocycles. The number of benzene rings is 5. The molecule has 12 rings (SSSR count). The Kier molecular flexibility index (Phi) is 8.86. The van der Waals surface area contributed by atoms with Crippen LogP contribution < -0.4 is 15.4 Å². The minimum Gasteiger partial charge on any atom is -0.469 e. The van der Waals surface area contributed by atoms with Gasteiger partial charge in [0.1, 0.15) is 23.3 Å². The first-order valence-corrected chi connectivity index (χ1v) is 22.1. The number of hydrogen-bond donors (Lipinski definition) is 4. The van der Waals surface area contributed by atoms with Gasteiger partial charge >= 0.3 is 0 Å². The van der Waals surface area contributed by atoms with Gasteiger partial charge in [0, 0.05) is 75.3 Å². The molecular weight excluding hydrogens is 819 g/mol. The van der Waals surface area contributed by atoms with Gasteiger partial charge in [0.25, 0.3) is 0 Å². The van der Waals surface area contributed by atoms with E-state index in [4.69, 9.17) is 23.5 Å². The number of amides is 1. The molecule has 7 heterocycles. The summed E-state index contributed by atoms with van der Waals surface area (Å²) >= 11 is 0. The maximum absolute atomic E-state index is 14.8. The van der Waals surface area contributed by atoms with E-state index < -0.39 is 47.3 Å². The molecule has 0 fully saturated rings. The second-order valence-corrected chi connectivity index (χ2v) is 18.0. The van der Waals surface area contributed by atoms with E-state index in [1.807, 2.05) is 86.8 Å². The summed E-state index contributed by atoms with van der Waals surface area (Å²) in [5, 5.41) is 19.9. The summed E-state index contributed by atoms with van der Waals surface area (Å²) in [5.41, 5.74) is 7.55. The molecule has 12 heteroatoms. The van der Waals surface area contributed by atoms with E-state index in [0.717, 1.165) is 50.0 Å². The van der Waals surface area contributed by atoms with Crippen LogP contribution in [0.1, 0.15) is 82.9 Å². The van der Waals surface area contributed by atoms with Gasteiger partial charge < -0.3 is 34.3 Å². The minimum absolute atomic E-state index is 0.0966. The summed E-state index contributed by atoms with van der Waals surface area (Å²) in [5.74, 6) is -0.978. The largest absolute Gasteiger partial charge is 0.469 e. The fourth-order valence-electron chi connectivity index (χ4n) is 10.6. The Morgan fingerprint density at radius 1 is 0.862 bits per heavy atom. The Morgan fingerprint density at radius 2 is 1.65 bits per heavy atom. The van der Waals surface area contributed by atoms with Crippen molar-refractivity contribution in [1.29, 1.82) is 0 Å². The molecule has 6 atom stereocenters. The third kappa shape index (κ3) is 5.96. The van der Waals surface area contributed by atoms with E-state index in [-0.39, 0.29) is 42.7 Å². The quantitative estimate of drug-likeness (QED) is 0.103. The first kappa shape index (κ1) is 39.1. The second-order valence-electron chi connectivity index (χ2n) is 18.0. The Labute approximate surface area is 373 Å². The molecule has 8 aromatic rings. The van der Waals surface area contributed by atoms with Gasteiger partial charge in [0.2, 0.25) is 17.7 Å². The maximum atomic E-state index is 14.8. The number of anilines is 1. The summed E-state index contributed by atoms with van der Waals surface area (Å²) in [4.78, 5) is 56.3. The molecule has 3 aromatic heterocycles. The number of hydrogen-bond acceptors (Lipinski definition) is 10. The Hall–Kier alpha value is -7.57. The number of oxazole rings is 2. The number of aliphatic hydroxyl groups excluding tert-OH is 1. The molecule has 4 aliphatic rings. The van der Waals surface area contributed by atoms with Crippen molar-refractivity contribution in [3.05, 3.63) is 167 Å². The van der Waals surface area contributed by atoms with Crippen LogP contribution in [0, 0.1) is 11.8 Å². The second kappa shape index (κ2) is 14.7. The van der Waals surface area contributed by atoms with Crippen LogP contribution in [-0.2, 0) is 21.4 Å². The highest BCUT2D eigenvalue weighted by Gasteiger charge is 2.61. The van der Waals surface area contributed by atoms with Crippen molar-refractivity contribution in [3.8, 4) is 39.8 Å². The normalized spacial score (nSPS) is 20.7. The highest BCUT2D eigenvalue weighted by molar-refractivity contribution is 6.07. The lowest BCUT2D eigenvalue weighted by molar-refractivity contribution is -0.134. The predicted molar refractivity (Wildman–Crippen MR) is 242 cm³/mol. The van der Waals surface area contributed by atoms with Gasteiger partial charge in [-0.3, -0.25) is 14.4 Å². The number of aromatic nitrogens is 3. The molecule has 1 unspecified atom stereocenters. The van der Waals surface area contributed by atoms with Crippen molar-refractivity contribution in [2.24, 2.45) is 11.8 Å². The van der Waals surface area contributed by atoms with Gasteiger partial charge in [-0.2, -0.15) is 0 Å². The molecule has 1 amide bonds. The number of nitrogens with zero attached hydrogens (tertiary/aromatic N) is 2. The molecule has 1 spiro atoms. The van der Waals surface area contributed by atoms with E-state index in [9.17, 15) is 19.5 Å². The average Bonchev–Trinajstić information content (AvgIpc) is 4.17. The summed E-state index contributed by atoms with van der Waals surface area (Å²) in [6, 6.07) is 35.5. The van der Waals surface area contributed by atoms with Gasteiger partial charge in [0.05, 0.1) is 6.20 Å². The number of nitrogens with one attached hydrogen (secondary N) is 3. The monoisotopic (exact) mass is 861 g/mol. The first-order valence-electron chi connectivity index (χ1n) is 22.1. The molecular formula is C53H43N5O7. The van der Waals surface area contributed by atoms with Crippen molar-refractivity contribution in [2.45, 2.75) is 62.8 Å². The molecule has 65 heavy (non-hydrogen) atoms. The smallest absolute Gasteiger partial charge is 0.249 e. The lowest BCUT2D eigenvalue weighted by Gasteiger charge is -2.29. The first-order chi connectivity index (χ1) is 31.7. The minimum atomic E-state index is -1.56. The van der Waals surface area contributed by atoms with Crippen LogP contribution in [0.25, 0.3) is 44.9 Å². The highest BCUT2D eigenvalue weighted by Crippen LogP contribution is 2.61. The lowest BCUT2D eigenvalue weighted by atomic mass is 9.72. The van der Waals surface area contributed by atoms with Crippen molar-refractivity contribution < 1.29 is 33.1 Å². The number of H-pyrrole nitrogens is 1. The van der Waals surface area contributed by atoms with Crippen molar-refractivity contribution in [1.82, 2.24) is 20.3 Å². The number of carbonyl (C=O) groups is 3. The van der Waals surface area contributed by atoms with Crippen LogP contribution in [0.15, 0.2) is 136 Å².